The van der Waals surface area contributed by atoms with Crippen molar-refractivity contribution in [2.45, 2.75) is 0 Å². The van der Waals surface area contributed by atoms with Crippen LogP contribution in [0.1, 0.15) is 0 Å². The van der Waals surface area contributed by atoms with Crippen LogP contribution in [0, 0.1) is 11.9 Å². The molecule has 0 N–H and O–H groups in total. The van der Waals surface area contributed by atoms with Gasteiger partial charge in [0, 0.05) is 0 Å². The summed E-state index contributed by atoms with van der Waals surface area (Å²) < 4.78 is 59.8. The Balaban J connectivity index is 0.00000144. The van der Waals surface area contributed by atoms with E-state index in [1.165, 1.54) is 0 Å². The first-order valence-electron chi connectivity index (χ1n) is 2.92. The van der Waals surface area contributed by atoms with Crippen LogP contribution < -0.4 is 56.8 Å². The third-order valence-corrected chi connectivity index (χ3v) is 1.16. The fraction of sp³-hybridized carbons (Fsp3) is 0. The molecule has 0 radical (unpaired) electrons. The number of hydrogen-bond acceptors (Lipinski definition) is 1. The molecule has 0 saturated heterocycles. The first-order chi connectivity index (χ1) is 5.39. The van der Waals surface area contributed by atoms with Crippen LogP contribution >= 0.6 is 0 Å². The van der Waals surface area contributed by atoms with Gasteiger partial charge in [-0.1, -0.05) is 5.46 Å². The summed E-state index contributed by atoms with van der Waals surface area (Å²) in [5.74, 6) is -2.94. The average Bonchev–Trinajstić information content (AvgIpc) is 1.82. The van der Waals surface area contributed by atoms with Crippen LogP contribution in [0.4, 0.5) is 21.7 Å². The molecule has 0 aliphatic heterocycles. The number of halogens is 5. The molecule has 8 heteroatoms. The van der Waals surface area contributed by atoms with Gasteiger partial charge in [-0.25, -0.2) is 0 Å². The molecule has 1 aromatic heterocycles. The van der Waals surface area contributed by atoms with Gasteiger partial charge < -0.3 is 12.9 Å². The van der Waals surface area contributed by atoms with E-state index in [2.05, 4.69) is 4.98 Å². The Hall–Kier alpha value is 0.501. The molecule has 1 heterocycles. The predicted molar refractivity (Wildman–Crippen MR) is 32.9 cm³/mol. The number of pyridine rings is 1. The number of nitrogens with zero attached hydrogens (tertiary/aromatic N) is 1. The molecule has 0 aromatic carbocycles. The molecule has 1 nitrogen and oxygen atoms in total. The maximum atomic E-state index is 12.1. The van der Waals surface area contributed by atoms with E-state index in [1.54, 1.807) is 0 Å². The van der Waals surface area contributed by atoms with Gasteiger partial charge in [-0.3, -0.25) is 0 Å². The first-order valence-corrected chi connectivity index (χ1v) is 2.92. The predicted octanol–water partition coefficient (Wildman–Crippen LogP) is -1.58. The fourth-order valence-electron chi connectivity index (χ4n) is 0.672. The molecule has 0 aliphatic carbocycles. The van der Waals surface area contributed by atoms with E-state index in [0.29, 0.717) is 0 Å². The Morgan fingerprint density at radius 2 is 1.38 bits per heavy atom. The van der Waals surface area contributed by atoms with Crippen LogP contribution in [0.2, 0.25) is 0 Å². The van der Waals surface area contributed by atoms with E-state index in [-0.39, 0.29) is 63.5 Å². The summed E-state index contributed by atoms with van der Waals surface area (Å²) in [6.45, 7) is -5.36. The van der Waals surface area contributed by atoms with Gasteiger partial charge in [0.05, 0.1) is 0 Å². The van der Waals surface area contributed by atoms with Gasteiger partial charge >= 0.3 is 58.4 Å². The van der Waals surface area contributed by atoms with Gasteiger partial charge in [0.2, 0.25) is 11.9 Å². The van der Waals surface area contributed by atoms with Crippen molar-refractivity contribution in [2.75, 3.05) is 0 Å². The van der Waals surface area contributed by atoms with Crippen molar-refractivity contribution >= 4 is 12.4 Å². The molecule has 13 heavy (non-hydrogen) atoms. The van der Waals surface area contributed by atoms with Gasteiger partial charge in [0.25, 0.3) is 0 Å². The second-order valence-corrected chi connectivity index (χ2v) is 2.12. The third-order valence-electron chi connectivity index (χ3n) is 1.16. The van der Waals surface area contributed by atoms with E-state index >= 15 is 0 Å². The summed E-state index contributed by atoms with van der Waals surface area (Å²) in [4.78, 5) is 2.52. The van der Waals surface area contributed by atoms with Crippen LogP contribution in [0.5, 0.6) is 0 Å². The Kier molecular flexibility index (Phi) is 5.02. The van der Waals surface area contributed by atoms with Crippen molar-refractivity contribution in [3.63, 3.8) is 0 Å². The molecule has 1 rings (SSSR count). The largest absolute Gasteiger partial charge is 1.00 e. The minimum Gasteiger partial charge on any atom is -0.445 e. The minimum absolute atomic E-state index is 0. The summed E-state index contributed by atoms with van der Waals surface area (Å²) >= 11 is 0. The Morgan fingerprint density at radius 3 is 1.69 bits per heavy atom. The van der Waals surface area contributed by atoms with Crippen molar-refractivity contribution in [3.8, 4) is 0 Å². The molecular formula is C5H2BF5KN. The van der Waals surface area contributed by atoms with Crippen LogP contribution in [-0.4, -0.2) is 12.0 Å². The summed E-state index contributed by atoms with van der Waals surface area (Å²) in [7, 11) is 0. The van der Waals surface area contributed by atoms with Gasteiger partial charge in [0.15, 0.2) is 0 Å². The van der Waals surface area contributed by atoms with E-state index in [4.69, 9.17) is 0 Å². The molecule has 0 bridgehead atoms. The quantitative estimate of drug-likeness (QED) is 0.317. The van der Waals surface area contributed by atoms with Crippen LogP contribution in [0.25, 0.3) is 0 Å². The molecule has 0 unspecified atom stereocenters. The maximum Gasteiger partial charge on any atom is 1.00 e. The van der Waals surface area contributed by atoms with E-state index < -0.39 is 24.3 Å². The number of hydrogen-bond donors (Lipinski definition) is 0. The summed E-state index contributed by atoms with van der Waals surface area (Å²) in [6, 6.07) is 0.312. The Bertz CT molecular complexity index is 281. The maximum absolute atomic E-state index is 12.1. The van der Waals surface area contributed by atoms with Gasteiger partial charge in [-0.05, 0) is 12.1 Å². The molecule has 1 aromatic rings. The summed E-state index contributed by atoms with van der Waals surface area (Å²) in [5.41, 5.74) is -1.32. The normalized spacial score (nSPS) is 10.8. The van der Waals surface area contributed by atoms with Crippen LogP contribution in [-0.2, 0) is 0 Å². The Labute approximate surface area is 113 Å². The summed E-state index contributed by atoms with van der Waals surface area (Å²) in [5, 5.41) is 0. The zero-order chi connectivity index (χ0) is 9.35. The SMILES string of the molecule is Fc1cc([B-](F)(F)F)cc(F)n1.[K+]. The monoisotopic (exact) mass is 221 g/mol. The second-order valence-electron chi connectivity index (χ2n) is 2.12. The van der Waals surface area contributed by atoms with E-state index in [9.17, 15) is 21.7 Å². The van der Waals surface area contributed by atoms with Crippen molar-refractivity contribution in [3.05, 3.63) is 24.0 Å². The van der Waals surface area contributed by atoms with E-state index in [0.717, 1.165) is 0 Å². The van der Waals surface area contributed by atoms with Crippen molar-refractivity contribution in [1.29, 1.82) is 0 Å². The second kappa shape index (κ2) is 4.83. The molecule has 0 amide bonds. The number of aromatic nitrogens is 1. The molecule has 0 fully saturated rings. The van der Waals surface area contributed by atoms with Crippen molar-refractivity contribution < 1.29 is 73.1 Å². The van der Waals surface area contributed by atoms with Crippen LogP contribution in [0.15, 0.2) is 12.1 Å². The van der Waals surface area contributed by atoms with Crippen molar-refractivity contribution in [2.24, 2.45) is 0 Å². The first kappa shape index (κ1) is 13.5. The molecule has 66 valence electrons. The van der Waals surface area contributed by atoms with Gasteiger partial charge in [0.1, 0.15) is 0 Å². The average molecular weight is 221 g/mol. The van der Waals surface area contributed by atoms with Gasteiger partial charge in [-0.15, -0.1) is 0 Å². The minimum atomic E-state index is -5.36. The molecule has 0 aliphatic rings. The Morgan fingerprint density at radius 1 is 1.00 bits per heavy atom. The topological polar surface area (TPSA) is 12.9 Å². The molecule has 0 saturated carbocycles. The number of rotatable bonds is 1. The standard InChI is InChI=1S/C5H2BF5N.K/c7-4-1-3(6(9,10)11)2-5(8)12-4;/h1-2H;/q-1;+1. The van der Waals surface area contributed by atoms with Crippen molar-refractivity contribution in [1.82, 2.24) is 4.98 Å². The van der Waals surface area contributed by atoms with E-state index in [1.807, 2.05) is 0 Å². The zero-order valence-corrected chi connectivity index (χ0v) is 9.69. The summed E-state index contributed by atoms with van der Waals surface area (Å²) in [6.07, 6.45) is 0. The zero-order valence-electron chi connectivity index (χ0n) is 6.57. The molecule has 0 spiro atoms. The molecular weight excluding hydrogens is 219 g/mol. The van der Waals surface area contributed by atoms with Crippen LogP contribution in [0.3, 0.4) is 0 Å². The fourth-order valence-corrected chi connectivity index (χ4v) is 0.672. The molecule has 0 atom stereocenters. The third kappa shape index (κ3) is 4.03. The van der Waals surface area contributed by atoms with Gasteiger partial charge in [-0.2, -0.15) is 13.8 Å². The smallest absolute Gasteiger partial charge is 0.445 e.